The minimum atomic E-state index is 0. The highest BCUT2D eigenvalue weighted by Gasteiger charge is 2.11. The SMILES string of the molecule is COc1ccccc1CN=C(N)N1CCCCC1.I. The van der Waals surface area contributed by atoms with Crippen molar-refractivity contribution in [3.8, 4) is 5.75 Å². The highest BCUT2D eigenvalue weighted by atomic mass is 127. The number of para-hydroxylation sites is 1. The largest absolute Gasteiger partial charge is 0.496 e. The summed E-state index contributed by atoms with van der Waals surface area (Å²) >= 11 is 0. The first-order valence-electron chi connectivity index (χ1n) is 6.48. The minimum Gasteiger partial charge on any atom is -0.496 e. The van der Waals surface area contributed by atoms with Gasteiger partial charge in [0.15, 0.2) is 5.96 Å². The molecule has 106 valence electrons. The zero-order valence-corrected chi connectivity index (χ0v) is 13.7. The van der Waals surface area contributed by atoms with Crippen LogP contribution in [-0.4, -0.2) is 31.1 Å². The van der Waals surface area contributed by atoms with Gasteiger partial charge in [0.2, 0.25) is 0 Å². The summed E-state index contributed by atoms with van der Waals surface area (Å²) < 4.78 is 5.30. The van der Waals surface area contributed by atoms with E-state index in [4.69, 9.17) is 10.5 Å². The van der Waals surface area contributed by atoms with E-state index in [-0.39, 0.29) is 24.0 Å². The number of piperidine rings is 1. The lowest BCUT2D eigenvalue weighted by Gasteiger charge is -2.27. The molecular formula is C14H22IN3O. The van der Waals surface area contributed by atoms with E-state index in [0.29, 0.717) is 12.5 Å². The molecule has 5 heteroatoms. The highest BCUT2D eigenvalue weighted by Crippen LogP contribution is 2.18. The third-order valence-electron chi connectivity index (χ3n) is 3.28. The second-order valence-electron chi connectivity index (χ2n) is 4.53. The van der Waals surface area contributed by atoms with Crippen molar-refractivity contribution < 1.29 is 4.74 Å². The van der Waals surface area contributed by atoms with Crippen LogP contribution in [0.25, 0.3) is 0 Å². The first-order chi connectivity index (χ1) is 8.81. The van der Waals surface area contributed by atoms with Gasteiger partial charge >= 0.3 is 0 Å². The maximum atomic E-state index is 6.02. The van der Waals surface area contributed by atoms with Gasteiger partial charge in [0.05, 0.1) is 13.7 Å². The molecule has 1 heterocycles. The molecule has 1 aliphatic rings. The molecule has 1 aliphatic heterocycles. The predicted molar refractivity (Wildman–Crippen MR) is 89.2 cm³/mol. The molecule has 2 rings (SSSR count). The molecule has 0 aliphatic carbocycles. The van der Waals surface area contributed by atoms with Crippen LogP contribution in [-0.2, 0) is 6.54 Å². The fraction of sp³-hybridized carbons (Fsp3) is 0.500. The Labute approximate surface area is 132 Å². The lowest BCUT2D eigenvalue weighted by atomic mass is 10.1. The van der Waals surface area contributed by atoms with Gasteiger partial charge in [-0.1, -0.05) is 18.2 Å². The van der Waals surface area contributed by atoms with Crippen LogP contribution in [0.5, 0.6) is 5.75 Å². The molecule has 0 radical (unpaired) electrons. The lowest BCUT2D eigenvalue weighted by Crippen LogP contribution is -2.40. The fourth-order valence-electron chi connectivity index (χ4n) is 2.22. The molecule has 1 saturated heterocycles. The van der Waals surface area contributed by atoms with Crippen molar-refractivity contribution in [3.63, 3.8) is 0 Å². The summed E-state index contributed by atoms with van der Waals surface area (Å²) in [4.78, 5) is 6.63. The van der Waals surface area contributed by atoms with E-state index in [2.05, 4.69) is 9.89 Å². The van der Waals surface area contributed by atoms with E-state index in [9.17, 15) is 0 Å². The molecule has 4 nitrogen and oxygen atoms in total. The molecule has 0 spiro atoms. The lowest BCUT2D eigenvalue weighted by molar-refractivity contribution is 0.338. The molecule has 0 saturated carbocycles. The Kier molecular flexibility index (Phi) is 6.97. The van der Waals surface area contributed by atoms with Crippen LogP contribution in [0.2, 0.25) is 0 Å². The van der Waals surface area contributed by atoms with E-state index in [1.54, 1.807) is 7.11 Å². The molecule has 0 aromatic heterocycles. The Morgan fingerprint density at radius 3 is 2.63 bits per heavy atom. The molecule has 0 amide bonds. The number of hydrogen-bond acceptors (Lipinski definition) is 2. The number of benzene rings is 1. The average molecular weight is 375 g/mol. The van der Waals surface area contributed by atoms with Gasteiger partial charge in [-0.15, -0.1) is 24.0 Å². The van der Waals surface area contributed by atoms with Crippen molar-refractivity contribution in [2.75, 3.05) is 20.2 Å². The standard InChI is InChI=1S/C14H21N3O.HI/c1-18-13-8-4-3-7-12(13)11-16-14(15)17-9-5-2-6-10-17;/h3-4,7-8H,2,5-6,9-11H2,1H3,(H2,15,16);1H. The number of aliphatic imine (C=N–C) groups is 1. The van der Waals surface area contributed by atoms with Crippen molar-refractivity contribution in [2.24, 2.45) is 10.7 Å². The number of nitrogens with two attached hydrogens (primary N) is 1. The second-order valence-corrected chi connectivity index (χ2v) is 4.53. The molecular weight excluding hydrogens is 353 g/mol. The monoisotopic (exact) mass is 375 g/mol. The Bertz CT molecular complexity index is 417. The summed E-state index contributed by atoms with van der Waals surface area (Å²) in [5, 5.41) is 0. The van der Waals surface area contributed by atoms with Gasteiger partial charge in [0.25, 0.3) is 0 Å². The van der Waals surface area contributed by atoms with Gasteiger partial charge in [-0.2, -0.15) is 0 Å². The van der Waals surface area contributed by atoms with E-state index in [1.807, 2.05) is 24.3 Å². The molecule has 1 aromatic rings. The zero-order valence-electron chi connectivity index (χ0n) is 11.3. The van der Waals surface area contributed by atoms with Crippen LogP contribution in [0.4, 0.5) is 0 Å². The first kappa shape index (κ1) is 16.1. The van der Waals surface area contributed by atoms with Crippen LogP contribution < -0.4 is 10.5 Å². The average Bonchev–Trinajstić information content (AvgIpc) is 2.46. The summed E-state index contributed by atoms with van der Waals surface area (Å²) in [6.45, 7) is 2.63. The van der Waals surface area contributed by atoms with Crippen molar-refractivity contribution >= 4 is 29.9 Å². The van der Waals surface area contributed by atoms with Crippen LogP contribution >= 0.6 is 24.0 Å². The van der Waals surface area contributed by atoms with Crippen molar-refractivity contribution in [2.45, 2.75) is 25.8 Å². The van der Waals surface area contributed by atoms with Gasteiger partial charge in [-0.3, -0.25) is 0 Å². The maximum absolute atomic E-state index is 6.02. The Hall–Kier alpha value is -0.980. The quantitative estimate of drug-likeness (QED) is 0.502. The maximum Gasteiger partial charge on any atom is 0.191 e. The van der Waals surface area contributed by atoms with E-state index >= 15 is 0 Å². The summed E-state index contributed by atoms with van der Waals surface area (Å²) in [7, 11) is 1.68. The molecule has 2 N–H and O–H groups in total. The number of rotatable bonds is 3. The minimum absolute atomic E-state index is 0. The Morgan fingerprint density at radius 2 is 1.95 bits per heavy atom. The molecule has 19 heavy (non-hydrogen) atoms. The van der Waals surface area contributed by atoms with Crippen LogP contribution in [0, 0.1) is 0 Å². The van der Waals surface area contributed by atoms with E-state index in [0.717, 1.165) is 24.4 Å². The van der Waals surface area contributed by atoms with Crippen molar-refractivity contribution in [3.05, 3.63) is 29.8 Å². The van der Waals surface area contributed by atoms with Crippen molar-refractivity contribution in [1.29, 1.82) is 0 Å². The Morgan fingerprint density at radius 1 is 1.26 bits per heavy atom. The zero-order chi connectivity index (χ0) is 12.8. The third-order valence-corrected chi connectivity index (χ3v) is 3.28. The predicted octanol–water partition coefficient (Wildman–Crippen LogP) is 2.61. The number of ether oxygens (including phenoxy) is 1. The number of methoxy groups -OCH3 is 1. The third kappa shape index (κ3) is 4.56. The smallest absolute Gasteiger partial charge is 0.191 e. The summed E-state index contributed by atoms with van der Waals surface area (Å²) in [6.07, 6.45) is 3.73. The number of halogens is 1. The molecule has 0 atom stereocenters. The second kappa shape index (κ2) is 8.24. The first-order valence-corrected chi connectivity index (χ1v) is 6.48. The van der Waals surface area contributed by atoms with E-state index < -0.39 is 0 Å². The Balaban J connectivity index is 0.00000180. The van der Waals surface area contributed by atoms with E-state index in [1.165, 1.54) is 19.3 Å². The molecule has 1 aromatic carbocycles. The summed E-state index contributed by atoms with van der Waals surface area (Å²) in [5.41, 5.74) is 7.09. The number of nitrogens with zero attached hydrogens (tertiary/aromatic N) is 2. The topological polar surface area (TPSA) is 50.9 Å². The van der Waals surface area contributed by atoms with Gasteiger partial charge in [-0.05, 0) is 25.3 Å². The molecule has 0 unspecified atom stereocenters. The van der Waals surface area contributed by atoms with Crippen LogP contribution in [0.15, 0.2) is 29.3 Å². The van der Waals surface area contributed by atoms with Gasteiger partial charge in [-0.25, -0.2) is 4.99 Å². The van der Waals surface area contributed by atoms with Crippen LogP contribution in [0.1, 0.15) is 24.8 Å². The molecule has 0 bridgehead atoms. The molecule has 1 fully saturated rings. The summed E-state index contributed by atoms with van der Waals surface area (Å²) in [6, 6.07) is 7.91. The van der Waals surface area contributed by atoms with Gasteiger partial charge in [0, 0.05) is 18.7 Å². The van der Waals surface area contributed by atoms with Gasteiger partial charge < -0.3 is 15.4 Å². The highest BCUT2D eigenvalue weighted by molar-refractivity contribution is 14.0. The fourth-order valence-corrected chi connectivity index (χ4v) is 2.22. The van der Waals surface area contributed by atoms with Gasteiger partial charge in [0.1, 0.15) is 5.75 Å². The number of guanidine groups is 1. The number of likely N-dealkylation sites (tertiary alicyclic amines) is 1. The number of hydrogen-bond donors (Lipinski definition) is 1. The van der Waals surface area contributed by atoms with Crippen molar-refractivity contribution in [1.82, 2.24) is 4.90 Å². The normalized spacial score (nSPS) is 15.8. The van der Waals surface area contributed by atoms with Crippen LogP contribution in [0.3, 0.4) is 0 Å². The summed E-state index contributed by atoms with van der Waals surface area (Å²) in [5.74, 6) is 1.52.